The zero-order chi connectivity index (χ0) is 25.2. The molecule has 0 N–H and O–H groups in total. The Morgan fingerprint density at radius 1 is 0.667 bits per heavy atom. The second-order valence-corrected chi connectivity index (χ2v) is 9.14. The van der Waals surface area contributed by atoms with Gasteiger partial charge in [-0.3, -0.25) is 4.79 Å². The molecule has 0 fully saturated rings. The third-order valence-electron chi connectivity index (χ3n) is 5.48. The summed E-state index contributed by atoms with van der Waals surface area (Å²) >= 11 is 0. The molecule has 0 aromatic heterocycles. The zero-order valence-corrected chi connectivity index (χ0v) is 22.4. The van der Waals surface area contributed by atoms with Gasteiger partial charge in [-0.15, -0.1) is 0 Å². The number of ether oxygens (including phenoxy) is 1. The number of amides is 1. The highest BCUT2D eigenvalue weighted by Crippen LogP contribution is 2.15. The van der Waals surface area contributed by atoms with Crippen LogP contribution in [0.3, 0.4) is 0 Å². The topological polar surface area (TPSA) is 46.6 Å². The molecule has 0 spiro atoms. The van der Waals surface area contributed by atoms with Gasteiger partial charge in [-0.1, -0.05) is 46.6 Å². The van der Waals surface area contributed by atoms with Crippen molar-refractivity contribution < 1.29 is 14.3 Å². The molecule has 0 radical (unpaired) electrons. The van der Waals surface area contributed by atoms with E-state index in [1.165, 1.54) is 16.7 Å². The first-order valence-electron chi connectivity index (χ1n) is 12.3. The van der Waals surface area contributed by atoms with Crippen LogP contribution in [0.4, 0.5) is 0 Å². The first-order chi connectivity index (χ1) is 15.6. The van der Waals surface area contributed by atoms with Gasteiger partial charge in [0, 0.05) is 25.7 Å². The largest absolute Gasteiger partial charge is 0.463 e. The molecular formula is C29H47NO3. The van der Waals surface area contributed by atoms with Crippen molar-refractivity contribution in [1.82, 2.24) is 4.90 Å². The summed E-state index contributed by atoms with van der Waals surface area (Å²) in [5, 5.41) is 0. The summed E-state index contributed by atoms with van der Waals surface area (Å²) < 4.78 is 4.94. The van der Waals surface area contributed by atoms with Crippen molar-refractivity contribution in [2.45, 2.75) is 92.9 Å². The van der Waals surface area contributed by atoms with Gasteiger partial charge in [-0.2, -0.15) is 0 Å². The summed E-state index contributed by atoms with van der Waals surface area (Å²) in [5.41, 5.74) is 6.10. The highest BCUT2D eigenvalue weighted by molar-refractivity contribution is 5.92. The number of likely N-dealkylation sites (N-methyl/N-ethyl adjacent to an activating group) is 1. The fourth-order valence-electron chi connectivity index (χ4n) is 3.36. The van der Waals surface area contributed by atoms with Crippen molar-refractivity contribution in [1.29, 1.82) is 0 Å². The van der Waals surface area contributed by atoms with Crippen LogP contribution in [-0.2, 0) is 14.3 Å². The lowest BCUT2D eigenvalue weighted by molar-refractivity contribution is -0.137. The van der Waals surface area contributed by atoms with Crippen molar-refractivity contribution in [3.05, 3.63) is 58.2 Å². The summed E-state index contributed by atoms with van der Waals surface area (Å²) in [5.74, 6) is -0.159. The van der Waals surface area contributed by atoms with Gasteiger partial charge < -0.3 is 9.64 Å². The van der Waals surface area contributed by atoms with Gasteiger partial charge in [0.15, 0.2) is 0 Å². The number of hydrogen-bond acceptors (Lipinski definition) is 3. The fourth-order valence-corrected chi connectivity index (χ4v) is 3.36. The fraction of sp³-hybridized carbons (Fsp3) is 0.586. The van der Waals surface area contributed by atoms with E-state index in [2.05, 4.69) is 39.0 Å². The van der Waals surface area contributed by atoms with Crippen molar-refractivity contribution in [3.63, 3.8) is 0 Å². The van der Waals surface area contributed by atoms with E-state index in [9.17, 15) is 9.59 Å². The standard InChI is InChI=1S/C29H47NO3/c1-9-33-28(31)22-26(5)20-12-18-24(3)16-10-14-23(2)15-11-17-25(4)19-13-21-27(6)29(32)30(7)8/h14,17-18,21-22H,9-13,15-16,19-20H2,1-8H3/b23-14+,24-18+,25-17+,26-22+,27-21+. The highest BCUT2D eigenvalue weighted by Gasteiger charge is 2.05. The summed E-state index contributed by atoms with van der Waals surface area (Å²) in [6.45, 7) is 12.7. The van der Waals surface area contributed by atoms with E-state index >= 15 is 0 Å². The Balaban J connectivity index is 4.23. The molecule has 0 aliphatic carbocycles. The summed E-state index contributed by atoms with van der Waals surface area (Å²) in [4.78, 5) is 24.9. The molecule has 0 unspecified atom stereocenters. The first kappa shape index (κ1) is 30.6. The van der Waals surface area contributed by atoms with E-state index in [0.29, 0.717) is 6.61 Å². The Kier molecular flexibility index (Phi) is 16.8. The molecular weight excluding hydrogens is 410 g/mol. The highest BCUT2D eigenvalue weighted by atomic mass is 16.5. The van der Waals surface area contributed by atoms with Gasteiger partial charge in [0.2, 0.25) is 5.91 Å². The minimum atomic E-state index is -0.246. The number of hydrogen-bond donors (Lipinski definition) is 0. The minimum Gasteiger partial charge on any atom is -0.463 e. The van der Waals surface area contributed by atoms with Gasteiger partial charge in [-0.05, 0) is 92.9 Å². The van der Waals surface area contributed by atoms with Crippen molar-refractivity contribution >= 4 is 11.9 Å². The van der Waals surface area contributed by atoms with Crippen LogP contribution in [0.2, 0.25) is 0 Å². The van der Waals surface area contributed by atoms with Crippen LogP contribution in [0.1, 0.15) is 92.9 Å². The summed E-state index contributed by atoms with van der Waals surface area (Å²) in [7, 11) is 3.57. The lowest BCUT2D eigenvalue weighted by atomic mass is 10.0. The van der Waals surface area contributed by atoms with Crippen molar-refractivity contribution in [2.24, 2.45) is 0 Å². The Morgan fingerprint density at radius 3 is 1.45 bits per heavy atom. The van der Waals surface area contributed by atoms with E-state index in [1.807, 2.05) is 26.8 Å². The molecule has 4 heteroatoms. The van der Waals surface area contributed by atoms with Crippen LogP contribution in [0, 0.1) is 0 Å². The molecule has 0 aliphatic rings. The van der Waals surface area contributed by atoms with E-state index in [0.717, 1.165) is 62.5 Å². The molecule has 0 heterocycles. The lowest BCUT2D eigenvalue weighted by Gasteiger charge is -2.10. The van der Waals surface area contributed by atoms with Gasteiger partial charge in [-0.25, -0.2) is 4.79 Å². The third kappa shape index (κ3) is 16.9. The number of nitrogens with zero attached hydrogens (tertiary/aromatic N) is 1. The molecule has 0 aromatic rings. The van der Waals surface area contributed by atoms with Crippen molar-refractivity contribution in [3.8, 4) is 0 Å². The average Bonchev–Trinajstić information content (AvgIpc) is 2.73. The maximum Gasteiger partial charge on any atom is 0.330 e. The Labute approximate surface area is 203 Å². The normalized spacial score (nSPS) is 13.9. The average molecular weight is 458 g/mol. The third-order valence-corrected chi connectivity index (χ3v) is 5.48. The van der Waals surface area contributed by atoms with Crippen LogP contribution in [0.5, 0.6) is 0 Å². The number of carbonyl (C=O) groups is 2. The van der Waals surface area contributed by atoms with Crippen LogP contribution in [-0.4, -0.2) is 37.5 Å². The molecule has 0 saturated heterocycles. The molecule has 1 amide bonds. The maximum atomic E-state index is 11.8. The molecule has 186 valence electrons. The second-order valence-electron chi connectivity index (χ2n) is 9.14. The van der Waals surface area contributed by atoms with E-state index in [1.54, 1.807) is 25.1 Å². The monoisotopic (exact) mass is 457 g/mol. The number of esters is 1. The zero-order valence-electron chi connectivity index (χ0n) is 22.4. The summed E-state index contributed by atoms with van der Waals surface area (Å²) in [6.07, 6.45) is 18.6. The predicted octanol–water partition coefficient (Wildman–Crippen LogP) is 7.49. The molecule has 33 heavy (non-hydrogen) atoms. The molecule has 0 rings (SSSR count). The number of carbonyl (C=O) groups excluding carboxylic acids is 2. The minimum absolute atomic E-state index is 0.0865. The Bertz CT molecular complexity index is 764. The van der Waals surface area contributed by atoms with E-state index in [-0.39, 0.29) is 11.9 Å². The summed E-state index contributed by atoms with van der Waals surface area (Å²) in [6, 6.07) is 0. The SMILES string of the molecule is CCOC(=O)/C=C(\C)CC/C=C(\C)CC/C=C(\C)CC/C=C(\C)CC/C=C(\C)C(=O)N(C)C. The quantitative estimate of drug-likeness (QED) is 0.145. The number of rotatable bonds is 15. The molecule has 0 atom stereocenters. The molecule has 4 nitrogen and oxygen atoms in total. The second kappa shape index (κ2) is 18.1. The smallest absolute Gasteiger partial charge is 0.330 e. The molecule has 0 aromatic carbocycles. The van der Waals surface area contributed by atoms with E-state index in [4.69, 9.17) is 4.74 Å². The Hall–Kier alpha value is -2.36. The van der Waals surface area contributed by atoms with Crippen LogP contribution >= 0.6 is 0 Å². The Morgan fingerprint density at radius 2 is 1.06 bits per heavy atom. The van der Waals surface area contributed by atoms with Crippen LogP contribution in [0.15, 0.2) is 58.2 Å². The lowest BCUT2D eigenvalue weighted by Crippen LogP contribution is -2.22. The van der Waals surface area contributed by atoms with Gasteiger partial charge in [0.25, 0.3) is 0 Å². The molecule has 0 saturated carbocycles. The molecule has 0 aliphatic heterocycles. The molecule has 0 bridgehead atoms. The number of allylic oxidation sites excluding steroid dienone is 8. The van der Waals surface area contributed by atoms with Gasteiger partial charge in [0.05, 0.1) is 6.61 Å². The van der Waals surface area contributed by atoms with Crippen LogP contribution < -0.4 is 0 Å². The van der Waals surface area contributed by atoms with Gasteiger partial charge >= 0.3 is 5.97 Å². The van der Waals surface area contributed by atoms with E-state index < -0.39 is 0 Å². The predicted molar refractivity (Wildman–Crippen MR) is 141 cm³/mol. The first-order valence-corrected chi connectivity index (χ1v) is 12.3. The van der Waals surface area contributed by atoms with Crippen LogP contribution in [0.25, 0.3) is 0 Å². The van der Waals surface area contributed by atoms with Gasteiger partial charge in [0.1, 0.15) is 0 Å². The maximum absolute atomic E-state index is 11.8. The van der Waals surface area contributed by atoms with Crippen molar-refractivity contribution in [2.75, 3.05) is 20.7 Å².